The molecule has 0 saturated heterocycles. The summed E-state index contributed by atoms with van der Waals surface area (Å²) >= 11 is 4.96. The molecule has 2 rings (SSSR count). The largest absolute Gasteiger partial charge is 0.478 e. The molecule has 0 spiro atoms. The fourth-order valence-electron chi connectivity index (χ4n) is 2.21. The number of urea groups is 1. The summed E-state index contributed by atoms with van der Waals surface area (Å²) in [5, 5.41) is 14.6. The van der Waals surface area contributed by atoms with Gasteiger partial charge >= 0.3 is 12.0 Å². The van der Waals surface area contributed by atoms with E-state index in [1.807, 2.05) is 0 Å². The van der Waals surface area contributed by atoms with E-state index < -0.39 is 5.97 Å². The van der Waals surface area contributed by atoms with Crippen molar-refractivity contribution in [2.45, 2.75) is 24.0 Å². The second kappa shape index (κ2) is 6.70. The normalized spacial score (nSPS) is 15.9. The van der Waals surface area contributed by atoms with Gasteiger partial charge in [0.25, 0.3) is 0 Å². The van der Waals surface area contributed by atoms with Gasteiger partial charge in [-0.05, 0) is 53.2 Å². The molecule has 1 fully saturated rings. The molecule has 7 heteroatoms. The van der Waals surface area contributed by atoms with Gasteiger partial charge in [-0.2, -0.15) is 11.8 Å². The average Bonchev–Trinajstić information content (AvgIpc) is 2.40. The first-order valence-electron chi connectivity index (χ1n) is 6.59. The van der Waals surface area contributed by atoms with Crippen LogP contribution in [0.1, 0.15) is 29.6 Å². The highest BCUT2D eigenvalue weighted by Gasteiger charge is 2.36. The van der Waals surface area contributed by atoms with Crippen LogP contribution in [0.4, 0.5) is 10.5 Å². The van der Waals surface area contributed by atoms with Gasteiger partial charge in [0.15, 0.2) is 0 Å². The van der Waals surface area contributed by atoms with Crippen molar-refractivity contribution < 1.29 is 14.7 Å². The molecule has 1 aromatic carbocycles. The Morgan fingerprint density at radius 1 is 1.43 bits per heavy atom. The van der Waals surface area contributed by atoms with E-state index in [1.54, 1.807) is 23.9 Å². The van der Waals surface area contributed by atoms with Crippen LogP contribution in [0, 0.1) is 0 Å². The van der Waals surface area contributed by atoms with Crippen molar-refractivity contribution in [3.8, 4) is 0 Å². The molecule has 1 aliphatic rings. The number of nitrogens with one attached hydrogen (secondary N) is 2. The number of benzene rings is 1. The van der Waals surface area contributed by atoms with Crippen molar-refractivity contribution in [3.63, 3.8) is 0 Å². The highest BCUT2D eigenvalue weighted by molar-refractivity contribution is 9.10. The van der Waals surface area contributed by atoms with E-state index in [1.165, 1.54) is 12.5 Å². The van der Waals surface area contributed by atoms with Crippen LogP contribution in [-0.2, 0) is 0 Å². The van der Waals surface area contributed by atoms with Crippen LogP contribution in [0.15, 0.2) is 22.7 Å². The molecule has 21 heavy (non-hydrogen) atoms. The summed E-state index contributed by atoms with van der Waals surface area (Å²) in [4.78, 5) is 22.9. The summed E-state index contributed by atoms with van der Waals surface area (Å²) in [7, 11) is 0. The number of carboxylic acids is 1. The van der Waals surface area contributed by atoms with Gasteiger partial charge < -0.3 is 15.7 Å². The number of carboxylic acid groups (broad SMARTS) is 1. The van der Waals surface area contributed by atoms with E-state index >= 15 is 0 Å². The molecule has 1 aliphatic carbocycles. The summed E-state index contributed by atoms with van der Waals surface area (Å²) in [6.45, 7) is 0.627. The zero-order chi connectivity index (χ0) is 15.5. The minimum absolute atomic E-state index is 0.118. The fourth-order valence-corrected chi connectivity index (χ4v) is 3.54. The number of carbonyl (C=O) groups excluding carboxylic acids is 1. The SMILES string of the molecule is CSC1(CNC(=O)Nc2ccc(Br)c(C(=O)O)c2)CCC1. The smallest absolute Gasteiger partial charge is 0.336 e. The van der Waals surface area contributed by atoms with Crippen molar-refractivity contribution in [3.05, 3.63) is 28.2 Å². The molecule has 0 atom stereocenters. The maximum atomic E-state index is 11.9. The van der Waals surface area contributed by atoms with Gasteiger partial charge in [0.2, 0.25) is 0 Å². The second-order valence-corrected chi connectivity index (χ2v) is 7.18. The lowest BCUT2D eigenvalue weighted by Gasteiger charge is -2.40. The first-order chi connectivity index (χ1) is 9.96. The molecule has 0 aliphatic heterocycles. The Hall–Kier alpha value is -1.21. The van der Waals surface area contributed by atoms with Crippen LogP contribution in [0.5, 0.6) is 0 Å². The highest BCUT2D eigenvalue weighted by Crippen LogP contribution is 2.42. The van der Waals surface area contributed by atoms with Crippen molar-refractivity contribution in [2.24, 2.45) is 0 Å². The van der Waals surface area contributed by atoms with Crippen LogP contribution in [-0.4, -0.2) is 34.7 Å². The summed E-state index contributed by atoms with van der Waals surface area (Å²) in [5.41, 5.74) is 0.576. The maximum absolute atomic E-state index is 11.9. The monoisotopic (exact) mass is 372 g/mol. The molecule has 0 radical (unpaired) electrons. The third-order valence-electron chi connectivity index (χ3n) is 3.72. The van der Waals surface area contributed by atoms with E-state index in [9.17, 15) is 9.59 Å². The Labute approximate surface area is 136 Å². The zero-order valence-electron chi connectivity index (χ0n) is 11.6. The first-order valence-corrected chi connectivity index (χ1v) is 8.60. The molecule has 3 N–H and O–H groups in total. The number of hydrogen-bond acceptors (Lipinski definition) is 3. The summed E-state index contributed by atoms with van der Waals surface area (Å²) < 4.78 is 0.653. The van der Waals surface area contributed by atoms with Crippen LogP contribution in [0.25, 0.3) is 0 Å². The summed E-state index contributed by atoms with van der Waals surface area (Å²) in [6.07, 6.45) is 5.51. The van der Waals surface area contributed by atoms with Gasteiger partial charge in [0.1, 0.15) is 0 Å². The topological polar surface area (TPSA) is 78.4 Å². The number of amides is 2. The maximum Gasteiger partial charge on any atom is 0.336 e. The lowest BCUT2D eigenvalue weighted by atomic mass is 9.84. The molecule has 0 heterocycles. The molecule has 0 unspecified atom stereocenters. The fraction of sp³-hybridized carbons (Fsp3) is 0.429. The quantitative estimate of drug-likeness (QED) is 0.738. The zero-order valence-corrected chi connectivity index (χ0v) is 14.0. The van der Waals surface area contributed by atoms with Gasteiger partial charge in [-0.15, -0.1) is 0 Å². The number of halogens is 1. The molecular weight excluding hydrogens is 356 g/mol. The predicted octanol–water partition coefficient (Wildman–Crippen LogP) is 3.55. The van der Waals surface area contributed by atoms with Crippen molar-refractivity contribution >= 4 is 45.4 Å². The summed E-state index contributed by atoms with van der Waals surface area (Å²) in [5.74, 6) is -1.04. The number of anilines is 1. The number of aromatic carboxylic acids is 1. The van der Waals surface area contributed by atoms with Gasteiger partial charge in [-0.1, -0.05) is 6.42 Å². The molecule has 5 nitrogen and oxygen atoms in total. The van der Waals surface area contributed by atoms with E-state index in [-0.39, 0.29) is 16.3 Å². The average molecular weight is 373 g/mol. The number of rotatable bonds is 5. The van der Waals surface area contributed by atoms with Crippen molar-refractivity contribution in [1.29, 1.82) is 0 Å². The molecular formula is C14H17BrN2O3S. The molecule has 1 saturated carbocycles. The van der Waals surface area contributed by atoms with Crippen LogP contribution in [0.3, 0.4) is 0 Å². The lowest BCUT2D eigenvalue weighted by molar-refractivity contribution is 0.0696. The summed E-state index contributed by atoms with van der Waals surface area (Å²) in [6, 6.07) is 4.38. The third kappa shape index (κ3) is 3.91. The number of hydrogen-bond donors (Lipinski definition) is 3. The van der Waals surface area contributed by atoms with Gasteiger partial charge in [-0.3, -0.25) is 0 Å². The molecule has 0 aromatic heterocycles. The molecule has 1 aromatic rings. The molecule has 0 bridgehead atoms. The number of carbonyl (C=O) groups is 2. The standard InChI is InChI=1S/C14H17BrN2O3S/c1-21-14(5-2-6-14)8-16-13(20)17-9-3-4-11(15)10(7-9)12(18)19/h3-4,7H,2,5-6,8H2,1H3,(H,18,19)(H2,16,17,20). The van der Waals surface area contributed by atoms with E-state index in [2.05, 4.69) is 32.8 Å². The minimum Gasteiger partial charge on any atom is -0.478 e. The highest BCUT2D eigenvalue weighted by atomic mass is 79.9. The van der Waals surface area contributed by atoms with E-state index in [0.717, 1.165) is 12.8 Å². The van der Waals surface area contributed by atoms with Gasteiger partial charge in [-0.25, -0.2) is 9.59 Å². The first kappa shape index (κ1) is 16.2. The van der Waals surface area contributed by atoms with Crippen molar-refractivity contribution in [2.75, 3.05) is 18.1 Å². The van der Waals surface area contributed by atoms with Crippen molar-refractivity contribution in [1.82, 2.24) is 5.32 Å². The third-order valence-corrected chi connectivity index (χ3v) is 5.83. The molecule has 2 amide bonds. The van der Waals surface area contributed by atoms with Crippen LogP contribution < -0.4 is 10.6 Å². The van der Waals surface area contributed by atoms with Crippen LogP contribution in [0.2, 0.25) is 0 Å². The van der Waals surface area contributed by atoms with E-state index in [4.69, 9.17) is 5.11 Å². The van der Waals surface area contributed by atoms with E-state index in [0.29, 0.717) is 16.7 Å². The Balaban J connectivity index is 1.93. The predicted molar refractivity (Wildman–Crippen MR) is 88.2 cm³/mol. The Kier molecular flexibility index (Phi) is 5.16. The lowest BCUT2D eigenvalue weighted by Crippen LogP contribution is -2.46. The minimum atomic E-state index is -1.04. The Morgan fingerprint density at radius 3 is 2.67 bits per heavy atom. The van der Waals surface area contributed by atoms with Gasteiger partial charge in [0, 0.05) is 21.5 Å². The molecule has 114 valence electrons. The Morgan fingerprint density at radius 2 is 2.14 bits per heavy atom. The Bertz CT molecular complexity index is 556. The second-order valence-electron chi connectivity index (χ2n) is 5.05. The van der Waals surface area contributed by atoms with Gasteiger partial charge in [0.05, 0.1) is 5.56 Å². The van der Waals surface area contributed by atoms with Crippen LogP contribution >= 0.6 is 27.7 Å². The number of thioether (sulfide) groups is 1.